The van der Waals surface area contributed by atoms with Crippen molar-refractivity contribution in [2.24, 2.45) is 5.92 Å². The highest BCUT2D eigenvalue weighted by Gasteiger charge is 2.41. The molecule has 12 heteroatoms. The summed E-state index contributed by atoms with van der Waals surface area (Å²) in [5.74, 6) is -9.82. The zero-order chi connectivity index (χ0) is 28.3. The number of rotatable bonds is 9. The number of hydrogen-bond donors (Lipinski definition) is 0. The van der Waals surface area contributed by atoms with E-state index in [0.29, 0.717) is 30.9 Å². The molecule has 0 radical (unpaired) electrons. The first-order valence-corrected chi connectivity index (χ1v) is 11.8. The number of ether oxygens (including phenoxy) is 4. The van der Waals surface area contributed by atoms with E-state index in [1.54, 1.807) is 0 Å². The van der Waals surface area contributed by atoms with Crippen molar-refractivity contribution in [1.29, 1.82) is 0 Å². The van der Waals surface area contributed by atoms with E-state index in [9.17, 15) is 35.1 Å². The van der Waals surface area contributed by atoms with Crippen molar-refractivity contribution in [3.8, 4) is 22.6 Å². The Morgan fingerprint density at radius 2 is 1.46 bits per heavy atom. The van der Waals surface area contributed by atoms with Crippen molar-refractivity contribution in [3.05, 3.63) is 82.7 Å². The minimum absolute atomic E-state index is 0.217. The lowest BCUT2D eigenvalue weighted by Gasteiger charge is -2.29. The normalized spacial score (nSPS) is 17.8. The molecule has 1 aliphatic heterocycles. The molecule has 0 amide bonds. The van der Waals surface area contributed by atoms with Gasteiger partial charge >= 0.3 is 6.11 Å². The second-order valence-electron chi connectivity index (χ2n) is 8.80. The molecular formula is C27H22F8O4. The van der Waals surface area contributed by atoms with Crippen molar-refractivity contribution in [2.75, 3.05) is 20.1 Å². The van der Waals surface area contributed by atoms with E-state index in [1.807, 2.05) is 6.92 Å². The van der Waals surface area contributed by atoms with Gasteiger partial charge in [-0.05, 0) is 30.2 Å². The van der Waals surface area contributed by atoms with Gasteiger partial charge in [-0.25, -0.2) is 26.3 Å². The standard InChI is InChI=1S/C27H22F8O4/c1-2-3-14-11-36-26(37-12-14)15-4-5-18(19(29)6-15)16-7-20(30)24(21(31)8-16)27(34,35)39-17-9-22(32)25(38-13-28)23(33)10-17/h4-10,14,26H,2-3,11-13H2,1H3. The van der Waals surface area contributed by atoms with E-state index in [-0.39, 0.29) is 23.6 Å². The van der Waals surface area contributed by atoms with Crippen LogP contribution in [0.3, 0.4) is 0 Å². The van der Waals surface area contributed by atoms with E-state index in [0.717, 1.165) is 18.9 Å². The van der Waals surface area contributed by atoms with Crippen molar-refractivity contribution in [3.63, 3.8) is 0 Å². The summed E-state index contributed by atoms with van der Waals surface area (Å²) in [5.41, 5.74) is -2.24. The quantitative estimate of drug-likeness (QED) is 0.248. The molecule has 4 rings (SSSR count). The molecule has 3 aromatic carbocycles. The third-order valence-electron chi connectivity index (χ3n) is 5.99. The van der Waals surface area contributed by atoms with Gasteiger partial charge in [-0.1, -0.05) is 25.5 Å². The third kappa shape index (κ3) is 6.27. The van der Waals surface area contributed by atoms with Gasteiger partial charge in [-0.3, -0.25) is 0 Å². The Bertz CT molecular complexity index is 1280. The molecule has 1 saturated heterocycles. The Morgan fingerprint density at radius 1 is 0.846 bits per heavy atom. The van der Waals surface area contributed by atoms with Crippen LogP contribution >= 0.6 is 0 Å². The van der Waals surface area contributed by atoms with Gasteiger partial charge in [-0.15, -0.1) is 0 Å². The first kappa shape index (κ1) is 28.6. The van der Waals surface area contributed by atoms with E-state index >= 15 is 0 Å². The van der Waals surface area contributed by atoms with Crippen molar-refractivity contribution >= 4 is 0 Å². The molecule has 0 atom stereocenters. The first-order valence-electron chi connectivity index (χ1n) is 11.8. The molecule has 0 aromatic heterocycles. The fourth-order valence-electron chi connectivity index (χ4n) is 4.22. The molecule has 39 heavy (non-hydrogen) atoms. The van der Waals surface area contributed by atoms with Crippen molar-refractivity contribution in [2.45, 2.75) is 32.2 Å². The maximum atomic E-state index is 14.9. The Labute approximate surface area is 218 Å². The average Bonchev–Trinajstić information content (AvgIpc) is 2.86. The molecule has 1 fully saturated rings. The molecule has 210 valence electrons. The molecule has 0 unspecified atom stereocenters. The Balaban J connectivity index is 1.56. The summed E-state index contributed by atoms with van der Waals surface area (Å²) in [4.78, 5) is 0. The number of alkyl halides is 3. The van der Waals surface area contributed by atoms with Crippen LogP contribution in [0.5, 0.6) is 11.5 Å². The Morgan fingerprint density at radius 3 is 2.00 bits per heavy atom. The highest BCUT2D eigenvalue weighted by molar-refractivity contribution is 5.65. The molecule has 0 bridgehead atoms. The van der Waals surface area contributed by atoms with Crippen LogP contribution in [0.4, 0.5) is 35.1 Å². The van der Waals surface area contributed by atoms with Crippen LogP contribution < -0.4 is 9.47 Å². The summed E-state index contributed by atoms with van der Waals surface area (Å²) in [7, 11) is 0. The van der Waals surface area contributed by atoms with Gasteiger partial charge in [0.05, 0.1) is 13.2 Å². The van der Waals surface area contributed by atoms with Crippen molar-refractivity contribution in [1.82, 2.24) is 0 Å². The van der Waals surface area contributed by atoms with Gasteiger partial charge in [0, 0.05) is 29.2 Å². The topological polar surface area (TPSA) is 36.9 Å². The smallest absolute Gasteiger partial charge is 0.432 e. The molecule has 1 aliphatic rings. The highest BCUT2D eigenvalue weighted by Crippen LogP contribution is 2.39. The fourth-order valence-corrected chi connectivity index (χ4v) is 4.22. The summed E-state index contributed by atoms with van der Waals surface area (Å²) in [6.45, 7) is 1.27. The SMILES string of the molecule is CCCC1COC(c2ccc(-c3cc(F)c(C(F)(F)Oc4cc(F)c(OCF)c(F)c4)c(F)c3)c(F)c2)OC1. The maximum Gasteiger partial charge on any atom is 0.432 e. The van der Waals surface area contributed by atoms with Gasteiger partial charge in [0.25, 0.3) is 0 Å². The lowest BCUT2D eigenvalue weighted by atomic mass is 10.00. The van der Waals surface area contributed by atoms with Gasteiger partial charge in [0.2, 0.25) is 6.86 Å². The fraction of sp³-hybridized carbons (Fsp3) is 0.333. The summed E-state index contributed by atoms with van der Waals surface area (Å²) in [6.07, 6.45) is -3.72. The zero-order valence-electron chi connectivity index (χ0n) is 20.4. The van der Waals surface area contributed by atoms with Gasteiger partial charge in [-0.2, -0.15) is 8.78 Å². The van der Waals surface area contributed by atoms with Crippen LogP contribution in [0, 0.1) is 35.0 Å². The predicted octanol–water partition coefficient (Wildman–Crippen LogP) is 7.94. The summed E-state index contributed by atoms with van der Waals surface area (Å²) >= 11 is 0. The summed E-state index contributed by atoms with van der Waals surface area (Å²) < 4.78 is 133. The number of benzene rings is 3. The molecule has 3 aromatic rings. The van der Waals surface area contributed by atoms with E-state index in [2.05, 4.69) is 9.47 Å². The molecule has 0 saturated carbocycles. The molecule has 1 heterocycles. The lowest BCUT2D eigenvalue weighted by Crippen LogP contribution is -2.27. The minimum atomic E-state index is -4.75. The summed E-state index contributed by atoms with van der Waals surface area (Å²) in [6, 6.07) is 5.07. The lowest BCUT2D eigenvalue weighted by molar-refractivity contribution is -0.206. The monoisotopic (exact) mass is 562 g/mol. The van der Waals surface area contributed by atoms with E-state index in [1.165, 1.54) is 12.1 Å². The molecular weight excluding hydrogens is 540 g/mol. The van der Waals surface area contributed by atoms with Crippen LogP contribution in [0.1, 0.15) is 37.2 Å². The van der Waals surface area contributed by atoms with Crippen LogP contribution in [0.2, 0.25) is 0 Å². The predicted molar refractivity (Wildman–Crippen MR) is 122 cm³/mol. The zero-order valence-corrected chi connectivity index (χ0v) is 20.4. The largest absolute Gasteiger partial charge is 0.457 e. The molecule has 4 nitrogen and oxygen atoms in total. The third-order valence-corrected chi connectivity index (χ3v) is 5.99. The number of hydrogen-bond acceptors (Lipinski definition) is 4. The Hall–Kier alpha value is -3.38. The van der Waals surface area contributed by atoms with Gasteiger partial charge < -0.3 is 18.9 Å². The molecule has 0 aliphatic carbocycles. The van der Waals surface area contributed by atoms with Crippen molar-refractivity contribution < 1.29 is 54.1 Å². The first-order chi connectivity index (χ1) is 18.5. The van der Waals surface area contributed by atoms with Crippen LogP contribution in [-0.2, 0) is 15.6 Å². The molecule has 0 N–H and O–H groups in total. The highest BCUT2D eigenvalue weighted by atomic mass is 19.3. The summed E-state index contributed by atoms with van der Waals surface area (Å²) in [5, 5.41) is 0. The van der Waals surface area contributed by atoms with Gasteiger partial charge in [0.15, 0.2) is 23.7 Å². The molecule has 0 spiro atoms. The second kappa shape index (κ2) is 11.8. The second-order valence-corrected chi connectivity index (χ2v) is 8.80. The minimum Gasteiger partial charge on any atom is -0.457 e. The van der Waals surface area contributed by atoms with Crippen LogP contribution in [0.15, 0.2) is 42.5 Å². The maximum absolute atomic E-state index is 14.9. The average molecular weight is 562 g/mol. The number of halogens is 8. The Kier molecular flexibility index (Phi) is 8.65. The van der Waals surface area contributed by atoms with E-state index in [4.69, 9.17) is 9.47 Å². The van der Waals surface area contributed by atoms with E-state index < -0.39 is 71.0 Å². The van der Waals surface area contributed by atoms with Crippen LogP contribution in [0.25, 0.3) is 11.1 Å². The van der Waals surface area contributed by atoms with Crippen LogP contribution in [-0.4, -0.2) is 20.1 Å². The van der Waals surface area contributed by atoms with Gasteiger partial charge in [0.1, 0.15) is 28.8 Å².